The molecule has 1 aromatic heterocycles. The molecule has 2 aromatic rings. The Labute approximate surface area is 124 Å². The van der Waals surface area contributed by atoms with Gasteiger partial charge in [0.2, 0.25) is 0 Å². The van der Waals surface area contributed by atoms with E-state index in [1.165, 1.54) is 5.56 Å². The summed E-state index contributed by atoms with van der Waals surface area (Å²) in [5.74, 6) is 0.429. The average Bonchev–Trinajstić information content (AvgIpc) is 2.44. The average molecular weight is 338 g/mol. The van der Waals surface area contributed by atoms with Crippen molar-refractivity contribution in [1.82, 2.24) is 9.97 Å². The third-order valence-electron chi connectivity index (χ3n) is 2.92. The zero-order valence-corrected chi connectivity index (χ0v) is 12.5. The van der Waals surface area contributed by atoms with Crippen LogP contribution in [0, 0.1) is 0 Å². The van der Waals surface area contributed by atoms with Crippen LogP contribution in [-0.2, 0) is 6.42 Å². The van der Waals surface area contributed by atoms with Crippen LogP contribution in [0.15, 0.2) is 44.4 Å². The summed E-state index contributed by atoms with van der Waals surface area (Å²) in [7, 11) is 0. The molecule has 2 rings (SSSR count). The molecule has 0 aliphatic rings. The SMILES string of the molecule is O=c1[nH]c(NCCCCc2ccccc2)c(Br)c(=O)[nH]1. The smallest absolute Gasteiger partial charge is 0.327 e. The van der Waals surface area contributed by atoms with E-state index in [2.05, 4.69) is 43.3 Å². The molecular weight excluding hydrogens is 322 g/mol. The lowest BCUT2D eigenvalue weighted by atomic mass is 10.1. The lowest BCUT2D eigenvalue weighted by molar-refractivity contribution is 0.760. The van der Waals surface area contributed by atoms with Gasteiger partial charge in [0.15, 0.2) is 0 Å². The van der Waals surface area contributed by atoms with Gasteiger partial charge in [0, 0.05) is 6.54 Å². The second-order valence-electron chi connectivity index (χ2n) is 4.47. The van der Waals surface area contributed by atoms with E-state index in [0.29, 0.717) is 16.8 Å². The molecule has 1 heterocycles. The molecule has 0 aliphatic heterocycles. The summed E-state index contributed by atoms with van der Waals surface area (Å²) >= 11 is 3.14. The van der Waals surface area contributed by atoms with Gasteiger partial charge in [0.05, 0.1) is 0 Å². The first kappa shape index (κ1) is 14.6. The Morgan fingerprint density at radius 3 is 2.55 bits per heavy atom. The van der Waals surface area contributed by atoms with Crippen LogP contribution in [-0.4, -0.2) is 16.5 Å². The number of aromatic amines is 2. The van der Waals surface area contributed by atoms with Crippen LogP contribution >= 0.6 is 15.9 Å². The highest BCUT2D eigenvalue weighted by atomic mass is 79.9. The molecule has 0 atom stereocenters. The summed E-state index contributed by atoms with van der Waals surface area (Å²) in [6.45, 7) is 0.699. The van der Waals surface area contributed by atoms with Crippen LogP contribution in [0.4, 0.5) is 5.82 Å². The van der Waals surface area contributed by atoms with Crippen LogP contribution in [0.2, 0.25) is 0 Å². The maximum Gasteiger partial charge on any atom is 0.327 e. The van der Waals surface area contributed by atoms with Gasteiger partial charge in [-0.2, -0.15) is 0 Å². The van der Waals surface area contributed by atoms with Gasteiger partial charge in [0.25, 0.3) is 5.56 Å². The molecular formula is C14H16BrN3O2. The van der Waals surface area contributed by atoms with Gasteiger partial charge in [-0.15, -0.1) is 0 Å². The molecule has 0 saturated heterocycles. The van der Waals surface area contributed by atoms with Crippen LogP contribution in [0.1, 0.15) is 18.4 Å². The summed E-state index contributed by atoms with van der Waals surface area (Å²) in [5.41, 5.74) is 0.378. The Hall–Kier alpha value is -1.82. The van der Waals surface area contributed by atoms with E-state index in [4.69, 9.17) is 0 Å². The van der Waals surface area contributed by atoms with Gasteiger partial charge in [-0.05, 0) is 40.8 Å². The maximum atomic E-state index is 11.4. The van der Waals surface area contributed by atoms with Gasteiger partial charge in [-0.3, -0.25) is 14.8 Å². The number of nitrogens with one attached hydrogen (secondary N) is 3. The van der Waals surface area contributed by atoms with Gasteiger partial charge >= 0.3 is 5.69 Å². The molecule has 0 amide bonds. The first-order valence-electron chi connectivity index (χ1n) is 6.47. The molecule has 0 spiro atoms. The van der Waals surface area contributed by atoms with Crippen molar-refractivity contribution in [1.29, 1.82) is 0 Å². The van der Waals surface area contributed by atoms with Gasteiger partial charge in [-0.1, -0.05) is 30.3 Å². The minimum Gasteiger partial charge on any atom is -0.370 e. The standard InChI is InChI=1S/C14H16BrN3O2/c15-11-12(17-14(20)18-13(11)19)16-9-5-4-8-10-6-2-1-3-7-10/h1-3,6-7H,4-5,8-9H2,(H3,16,17,18,19,20). The number of hydrogen-bond acceptors (Lipinski definition) is 3. The largest absolute Gasteiger partial charge is 0.370 e. The molecule has 20 heavy (non-hydrogen) atoms. The number of unbranched alkanes of at least 4 members (excludes halogenated alkanes) is 1. The van der Waals surface area contributed by atoms with Crippen molar-refractivity contribution < 1.29 is 0 Å². The Balaban J connectivity index is 1.79. The number of rotatable bonds is 6. The van der Waals surface area contributed by atoms with E-state index < -0.39 is 11.2 Å². The maximum absolute atomic E-state index is 11.4. The third-order valence-corrected chi connectivity index (χ3v) is 3.68. The van der Waals surface area contributed by atoms with E-state index in [-0.39, 0.29) is 0 Å². The van der Waals surface area contributed by atoms with E-state index >= 15 is 0 Å². The summed E-state index contributed by atoms with van der Waals surface area (Å²) in [4.78, 5) is 27.2. The third kappa shape index (κ3) is 4.09. The predicted octanol–water partition coefficient (Wildman–Crippen LogP) is 2.26. The fourth-order valence-corrected chi connectivity index (χ4v) is 2.24. The van der Waals surface area contributed by atoms with Gasteiger partial charge < -0.3 is 5.32 Å². The molecule has 5 nitrogen and oxygen atoms in total. The highest BCUT2D eigenvalue weighted by Gasteiger charge is 2.04. The number of anilines is 1. The Morgan fingerprint density at radius 1 is 1.05 bits per heavy atom. The fourth-order valence-electron chi connectivity index (χ4n) is 1.91. The van der Waals surface area contributed by atoms with Crippen LogP contribution in [0.3, 0.4) is 0 Å². The normalized spacial score (nSPS) is 10.4. The van der Waals surface area contributed by atoms with Crippen molar-refractivity contribution in [3.05, 3.63) is 61.2 Å². The Morgan fingerprint density at radius 2 is 1.80 bits per heavy atom. The number of H-pyrrole nitrogens is 2. The summed E-state index contributed by atoms with van der Waals surface area (Å²) in [6, 6.07) is 10.3. The monoisotopic (exact) mass is 337 g/mol. The molecule has 0 bridgehead atoms. The number of hydrogen-bond donors (Lipinski definition) is 3. The molecule has 3 N–H and O–H groups in total. The zero-order valence-electron chi connectivity index (χ0n) is 10.9. The molecule has 106 valence electrons. The number of benzene rings is 1. The van der Waals surface area contributed by atoms with Crippen molar-refractivity contribution >= 4 is 21.7 Å². The topological polar surface area (TPSA) is 77.8 Å². The fraction of sp³-hybridized carbons (Fsp3) is 0.286. The minimum absolute atomic E-state index is 0.320. The van der Waals surface area contributed by atoms with Gasteiger partial charge in [-0.25, -0.2) is 4.79 Å². The number of aromatic nitrogens is 2. The molecule has 0 fully saturated rings. The van der Waals surface area contributed by atoms with E-state index in [1.807, 2.05) is 18.2 Å². The van der Waals surface area contributed by atoms with Crippen molar-refractivity contribution in [2.24, 2.45) is 0 Å². The first-order valence-corrected chi connectivity index (χ1v) is 7.26. The van der Waals surface area contributed by atoms with Crippen molar-refractivity contribution in [3.63, 3.8) is 0 Å². The summed E-state index contributed by atoms with van der Waals surface area (Å²) < 4.78 is 0.320. The summed E-state index contributed by atoms with van der Waals surface area (Å²) in [6.07, 6.45) is 3.02. The first-order chi connectivity index (χ1) is 9.66. The van der Waals surface area contributed by atoms with Crippen LogP contribution in [0.25, 0.3) is 0 Å². The molecule has 0 radical (unpaired) electrons. The number of aryl methyl sites for hydroxylation is 1. The lowest BCUT2D eigenvalue weighted by Gasteiger charge is -2.07. The Kier molecular flexibility index (Phi) is 5.17. The van der Waals surface area contributed by atoms with E-state index in [1.54, 1.807) is 0 Å². The van der Waals surface area contributed by atoms with E-state index in [9.17, 15) is 9.59 Å². The highest BCUT2D eigenvalue weighted by Crippen LogP contribution is 2.12. The van der Waals surface area contributed by atoms with Crippen molar-refractivity contribution in [2.45, 2.75) is 19.3 Å². The van der Waals surface area contributed by atoms with Crippen LogP contribution < -0.4 is 16.6 Å². The van der Waals surface area contributed by atoms with Crippen molar-refractivity contribution in [2.75, 3.05) is 11.9 Å². The molecule has 6 heteroatoms. The van der Waals surface area contributed by atoms with Crippen LogP contribution in [0.5, 0.6) is 0 Å². The van der Waals surface area contributed by atoms with Crippen molar-refractivity contribution in [3.8, 4) is 0 Å². The second kappa shape index (κ2) is 7.09. The molecule has 0 unspecified atom stereocenters. The quantitative estimate of drug-likeness (QED) is 0.707. The second-order valence-corrected chi connectivity index (χ2v) is 5.26. The highest BCUT2D eigenvalue weighted by molar-refractivity contribution is 9.10. The molecule has 1 aromatic carbocycles. The number of halogens is 1. The van der Waals surface area contributed by atoms with Gasteiger partial charge in [0.1, 0.15) is 10.3 Å². The van der Waals surface area contributed by atoms with E-state index in [0.717, 1.165) is 19.3 Å². The summed E-state index contributed by atoms with van der Waals surface area (Å²) in [5, 5.41) is 3.06. The predicted molar refractivity (Wildman–Crippen MR) is 83.3 cm³/mol. The molecule has 0 aliphatic carbocycles. The zero-order chi connectivity index (χ0) is 14.4. The Bertz CT molecular complexity index is 664. The lowest BCUT2D eigenvalue weighted by Crippen LogP contribution is -2.25. The minimum atomic E-state index is -0.509. The molecule has 0 saturated carbocycles.